The normalized spacial score (nSPS) is 23.0. The van der Waals surface area contributed by atoms with E-state index < -0.39 is 0 Å². The predicted octanol–water partition coefficient (Wildman–Crippen LogP) is 2.99. The fourth-order valence-corrected chi connectivity index (χ4v) is 4.08. The molecule has 3 heterocycles. The standard InChI is InChI=1S/C20H26N2O2/c23-19(22-13-5-1-2-6-14-22)17-15-20(9-11-21-12-10-20)24-18-8-4-3-7-16(17)18/h3-4,7-8,15,21H,1-2,5-6,9-14H2. The highest BCUT2D eigenvalue weighted by Gasteiger charge is 2.39. The van der Waals surface area contributed by atoms with Crippen molar-refractivity contribution in [1.29, 1.82) is 0 Å². The first-order chi connectivity index (χ1) is 11.8. The van der Waals surface area contributed by atoms with Gasteiger partial charge in [-0.2, -0.15) is 0 Å². The van der Waals surface area contributed by atoms with Gasteiger partial charge in [-0.1, -0.05) is 31.0 Å². The molecule has 0 bridgehead atoms. The zero-order chi connectivity index (χ0) is 16.4. The first-order valence-electron chi connectivity index (χ1n) is 9.29. The Balaban J connectivity index is 1.70. The van der Waals surface area contributed by atoms with E-state index in [4.69, 9.17) is 4.74 Å². The Hall–Kier alpha value is -1.81. The van der Waals surface area contributed by atoms with E-state index in [-0.39, 0.29) is 11.5 Å². The maximum absolute atomic E-state index is 13.3. The summed E-state index contributed by atoms with van der Waals surface area (Å²) in [6.07, 6.45) is 8.66. The molecule has 2 fully saturated rings. The highest BCUT2D eigenvalue weighted by atomic mass is 16.5. The fourth-order valence-electron chi connectivity index (χ4n) is 4.08. The Kier molecular flexibility index (Phi) is 4.31. The summed E-state index contributed by atoms with van der Waals surface area (Å²) >= 11 is 0. The third-order valence-electron chi connectivity index (χ3n) is 5.47. The number of rotatable bonds is 1. The molecule has 1 spiro atoms. The Morgan fingerprint density at radius 3 is 2.50 bits per heavy atom. The number of ether oxygens (including phenoxy) is 1. The van der Waals surface area contributed by atoms with Gasteiger partial charge in [0.2, 0.25) is 0 Å². The number of benzene rings is 1. The number of piperidine rings is 1. The minimum atomic E-state index is -0.323. The van der Waals surface area contributed by atoms with Crippen LogP contribution in [0.25, 0.3) is 5.57 Å². The largest absolute Gasteiger partial charge is 0.482 e. The number of nitrogens with one attached hydrogen (secondary N) is 1. The van der Waals surface area contributed by atoms with Gasteiger partial charge in [0.25, 0.3) is 5.91 Å². The van der Waals surface area contributed by atoms with Crippen LogP contribution in [0, 0.1) is 0 Å². The zero-order valence-electron chi connectivity index (χ0n) is 14.2. The van der Waals surface area contributed by atoms with Crippen LogP contribution >= 0.6 is 0 Å². The smallest absolute Gasteiger partial charge is 0.254 e. The van der Waals surface area contributed by atoms with E-state index in [9.17, 15) is 4.79 Å². The van der Waals surface area contributed by atoms with E-state index in [0.29, 0.717) is 0 Å². The molecular formula is C20H26N2O2. The van der Waals surface area contributed by atoms with E-state index in [1.807, 2.05) is 24.3 Å². The maximum atomic E-state index is 13.3. The third kappa shape index (κ3) is 2.95. The molecule has 1 aromatic carbocycles. The Morgan fingerprint density at radius 2 is 1.75 bits per heavy atom. The Bertz CT molecular complexity index is 639. The number of carbonyl (C=O) groups excluding carboxylic acids is 1. The van der Waals surface area contributed by atoms with Crippen molar-refractivity contribution in [3.63, 3.8) is 0 Å². The molecule has 0 aliphatic carbocycles. The van der Waals surface area contributed by atoms with Crippen LogP contribution in [0.15, 0.2) is 30.3 Å². The zero-order valence-corrected chi connectivity index (χ0v) is 14.2. The number of amides is 1. The van der Waals surface area contributed by atoms with Crippen molar-refractivity contribution in [2.45, 2.75) is 44.1 Å². The molecule has 0 saturated carbocycles. The lowest BCUT2D eigenvalue weighted by atomic mass is 9.85. The molecule has 0 atom stereocenters. The quantitative estimate of drug-likeness (QED) is 0.862. The van der Waals surface area contributed by atoms with Gasteiger partial charge in [-0.3, -0.25) is 4.79 Å². The molecule has 24 heavy (non-hydrogen) atoms. The average Bonchev–Trinajstić information content (AvgIpc) is 2.90. The van der Waals surface area contributed by atoms with Crippen LogP contribution in [0.5, 0.6) is 5.75 Å². The topological polar surface area (TPSA) is 41.6 Å². The monoisotopic (exact) mass is 326 g/mol. The lowest BCUT2D eigenvalue weighted by molar-refractivity contribution is -0.125. The van der Waals surface area contributed by atoms with Crippen LogP contribution in [0.4, 0.5) is 0 Å². The van der Waals surface area contributed by atoms with Gasteiger partial charge in [-0.05, 0) is 38.1 Å². The first kappa shape index (κ1) is 15.7. The lowest BCUT2D eigenvalue weighted by Gasteiger charge is -2.40. The molecular weight excluding hydrogens is 300 g/mol. The fraction of sp³-hybridized carbons (Fsp3) is 0.550. The number of hydrogen-bond acceptors (Lipinski definition) is 3. The van der Waals surface area contributed by atoms with Crippen LogP contribution in [-0.4, -0.2) is 42.6 Å². The number of likely N-dealkylation sites (tertiary alicyclic amines) is 1. The SMILES string of the molecule is O=C(C1=CC2(CCNCC2)Oc2ccccc21)N1CCCCCC1. The van der Waals surface area contributed by atoms with Crippen molar-refractivity contribution in [2.24, 2.45) is 0 Å². The van der Waals surface area contributed by atoms with Crippen LogP contribution in [0.2, 0.25) is 0 Å². The van der Waals surface area contributed by atoms with Crippen LogP contribution in [0.1, 0.15) is 44.1 Å². The number of carbonyl (C=O) groups is 1. The molecule has 1 N–H and O–H groups in total. The van der Waals surface area contributed by atoms with Crippen molar-refractivity contribution < 1.29 is 9.53 Å². The van der Waals surface area contributed by atoms with Gasteiger partial charge in [0, 0.05) is 31.5 Å². The van der Waals surface area contributed by atoms with Crippen molar-refractivity contribution in [3.05, 3.63) is 35.9 Å². The summed E-state index contributed by atoms with van der Waals surface area (Å²) in [7, 11) is 0. The molecule has 2 saturated heterocycles. The lowest BCUT2D eigenvalue weighted by Crippen LogP contribution is -2.47. The van der Waals surface area contributed by atoms with Crippen LogP contribution in [-0.2, 0) is 4.79 Å². The molecule has 0 unspecified atom stereocenters. The van der Waals surface area contributed by atoms with E-state index in [1.165, 1.54) is 12.8 Å². The highest BCUT2D eigenvalue weighted by Crippen LogP contribution is 2.40. The molecule has 4 nitrogen and oxygen atoms in total. The first-order valence-corrected chi connectivity index (χ1v) is 9.29. The molecule has 1 aromatic rings. The van der Waals surface area contributed by atoms with E-state index >= 15 is 0 Å². The van der Waals surface area contributed by atoms with Gasteiger partial charge in [0.1, 0.15) is 11.4 Å². The second kappa shape index (κ2) is 6.60. The molecule has 4 heteroatoms. The van der Waals surface area contributed by atoms with E-state index in [0.717, 1.165) is 68.7 Å². The minimum Gasteiger partial charge on any atom is -0.482 e. The second-order valence-corrected chi connectivity index (χ2v) is 7.18. The number of fused-ring (bicyclic) bond motifs is 1. The number of para-hydroxylation sites is 1. The predicted molar refractivity (Wildman–Crippen MR) is 94.9 cm³/mol. The summed E-state index contributed by atoms with van der Waals surface area (Å²) in [5.41, 5.74) is 1.48. The molecule has 0 radical (unpaired) electrons. The minimum absolute atomic E-state index is 0.186. The average molecular weight is 326 g/mol. The molecule has 4 rings (SSSR count). The molecule has 3 aliphatic rings. The number of hydrogen-bond donors (Lipinski definition) is 1. The van der Waals surface area contributed by atoms with Crippen molar-refractivity contribution in [1.82, 2.24) is 10.2 Å². The summed E-state index contributed by atoms with van der Waals surface area (Å²) < 4.78 is 6.37. The van der Waals surface area contributed by atoms with Crippen molar-refractivity contribution in [3.8, 4) is 5.75 Å². The van der Waals surface area contributed by atoms with Crippen LogP contribution in [0.3, 0.4) is 0 Å². The van der Waals surface area contributed by atoms with Gasteiger partial charge >= 0.3 is 0 Å². The summed E-state index contributed by atoms with van der Waals surface area (Å²) in [6.45, 7) is 3.63. The van der Waals surface area contributed by atoms with Crippen molar-refractivity contribution >= 4 is 11.5 Å². The van der Waals surface area contributed by atoms with E-state index in [1.54, 1.807) is 0 Å². The highest BCUT2D eigenvalue weighted by molar-refractivity contribution is 6.20. The third-order valence-corrected chi connectivity index (χ3v) is 5.47. The van der Waals surface area contributed by atoms with Gasteiger partial charge in [-0.15, -0.1) is 0 Å². The second-order valence-electron chi connectivity index (χ2n) is 7.18. The summed E-state index contributed by atoms with van der Waals surface area (Å²) in [5, 5.41) is 3.39. The Morgan fingerprint density at radius 1 is 1.04 bits per heavy atom. The molecule has 0 aromatic heterocycles. The number of nitrogens with zero attached hydrogens (tertiary/aromatic N) is 1. The molecule has 3 aliphatic heterocycles. The summed E-state index contributed by atoms with van der Waals surface area (Å²) in [4.78, 5) is 15.3. The summed E-state index contributed by atoms with van der Waals surface area (Å²) in [6, 6.07) is 8.01. The van der Waals surface area contributed by atoms with Crippen LogP contribution < -0.4 is 10.1 Å². The van der Waals surface area contributed by atoms with Gasteiger partial charge in [-0.25, -0.2) is 0 Å². The van der Waals surface area contributed by atoms with Gasteiger partial charge in [0.05, 0.1) is 5.57 Å². The van der Waals surface area contributed by atoms with E-state index in [2.05, 4.69) is 16.3 Å². The molecule has 1 amide bonds. The summed E-state index contributed by atoms with van der Waals surface area (Å²) in [5.74, 6) is 1.05. The maximum Gasteiger partial charge on any atom is 0.254 e. The molecule has 128 valence electrons. The Labute approximate surface area is 143 Å². The van der Waals surface area contributed by atoms with Gasteiger partial charge < -0.3 is 15.0 Å². The van der Waals surface area contributed by atoms with Crippen molar-refractivity contribution in [2.75, 3.05) is 26.2 Å². The van der Waals surface area contributed by atoms with Gasteiger partial charge in [0.15, 0.2) is 0 Å².